The smallest absolute Gasteiger partial charge is 0.139 e. The van der Waals surface area contributed by atoms with E-state index in [0.29, 0.717) is 12.0 Å². The number of nitrogens with one attached hydrogen (secondary N) is 1. The Balaban J connectivity index is 2.26. The van der Waals surface area contributed by atoms with Gasteiger partial charge in [-0.1, -0.05) is 6.92 Å². The molecule has 0 radical (unpaired) electrons. The van der Waals surface area contributed by atoms with Crippen molar-refractivity contribution >= 4 is 11.7 Å². The molecule has 0 aromatic carbocycles. The lowest BCUT2D eigenvalue weighted by Gasteiger charge is -2.23. The van der Waals surface area contributed by atoms with E-state index in [0.717, 1.165) is 24.5 Å². The molecule has 5 nitrogen and oxygen atoms in total. The molecule has 2 heterocycles. The molecule has 2 rings (SSSR count). The van der Waals surface area contributed by atoms with Gasteiger partial charge in [0.2, 0.25) is 0 Å². The van der Waals surface area contributed by atoms with Gasteiger partial charge in [-0.15, -0.1) is 0 Å². The Labute approximate surface area is 108 Å². The second kappa shape index (κ2) is 4.94. The fraction of sp³-hybridized carbons (Fsp3) is 0.538. The second-order valence-corrected chi connectivity index (χ2v) is 5.20. The average Bonchev–Trinajstić information content (AvgIpc) is 2.71. The zero-order chi connectivity index (χ0) is 13.3. The van der Waals surface area contributed by atoms with Crippen molar-refractivity contribution in [3.63, 3.8) is 0 Å². The van der Waals surface area contributed by atoms with Gasteiger partial charge in [-0.3, -0.25) is 5.41 Å². The standard InChI is InChI=1S/C13H21N5/c1-9-7-18(8-11(9)17(2)3)13-10(12(14)15)5-4-6-16-13/h4-6,9,11H,7-8H2,1-3H3,(H3,14,15). The summed E-state index contributed by atoms with van der Waals surface area (Å²) in [6.07, 6.45) is 1.76. The van der Waals surface area contributed by atoms with E-state index in [1.165, 1.54) is 0 Å². The molecule has 5 heteroatoms. The van der Waals surface area contributed by atoms with E-state index in [4.69, 9.17) is 11.1 Å². The minimum Gasteiger partial charge on any atom is -0.384 e. The summed E-state index contributed by atoms with van der Waals surface area (Å²) in [5, 5.41) is 7.63. The Morgan fingerprint density at radius 1 is 1.50 bits per heavy atom. The van der Waals surface area contributed by atoms with Crippen LogP contribution < -0.4 is 10.6 Å². The molecule has 0 spiro atoms. The van der Waals surface area contributed by atoms with E-state index in [1.54, 1.807) is 6.20 Å². The Kier molecular flexibility index (Phi) is 3.52. The van der Waals surface area contributed by atoms with Crippen LogP contribution in [0.5, 0.6) is 0 Å². The van der Waals surface area contributed by atoms with Crippen molar-refractivity contribution in [2.45, 2.75) is 13.0 Å². The summed E-state index contributed by atoms with van der Waals surface area (Å²) in [6, 6.07) is 4.20. The van der Waals surface area contributed by atoms with E-state index in [-0.39, 0.29) is 5.84 Å². The molecule has 1 aromatic rings. The molecule has 3 N–H and O–H groups in total. The number of anilines is 1. The molecule has 98 valence electrons. The van der Waals surface area contributed by atoms with Crippen molar-refractivity contribution in [1.82, 2.24) is 9.88 Å². The van der Waals surface area contributed by atoms with Gasteiger partial charge in [0, 0.05) is 25.3 Å². The molecular weight excluding hydrogens is 226 g/mol. The number of nitrogens with two attached hydrogens (primary N) is 1. The van der Waals surface area contributed by atoms with Crippen LogP contribution in [0.15, 0.2) is 18.3 Å². The number of aromatic nitrogens is 1. The molecule has 1 fully saturated rings. The predicted molar refractivity (Wildman–Crippen MR) is 74.1 cm³/mol. The zero-order valence-corrected chi connectivity index (χ0v) is 11.2. The molecule has 0 amide bonds. The first-order chi connectivity index (χ1) is 8.50. The summed E-state index contributed by atoms with van der Waals surface area (Å²) >= 11 is 0. The first-order valence-electron chi connectivity index (χ1n) is 6.21. The molecule has 1 aliphatic heterocycles. The van der Waals surface area contributed by atoms with Crippen LogP contribution in [-0.2, 0) is 0 Å². The second-order valence-electron chi connectivity index (χ2n) is 5.20. The van der Waals surface area contributed by atoms with Crippen LogP contribution in [0.4, 0.5) is 5.82 Å². The zero-order valence-electron chi connectivity index (χ0n) is 11.2. The molecule has 0 bridgehead atoms. The van der Waals surface area contributed by atoms with Crippen molar-refractivity contribution in [2.75, 3.05) is 32.1 Å². The minimum absolute atomic E-state index is 0.0825. The number of pyridine rings is 1. The highest BCUT2D eigenvalue weighted by molar-refractivity contribution is 5.99. The summed E-state index contributed by atoms with van der Waals surface area (Å²) in [7, 11) is 4.21. The molecule has 1 aromatic heterocycles. The molecular formula is C13H21N5. The highest BCUT2D eigenvalue weighted by Crippen LogP contribution is 2.26. The molecule has 0 saturated carbocycles. The SMILES string of the molecule is CC1CN(c2ncccc2C(=N)N)CC1N(C)C. The largest absolute Gasteiger partial charge is 0.384 e. The molecule has 2 unspecified atom stereocenters. The van der Waals surface area contributed by atoms with Crippen LogP contribution in [0.3, 0.4) is 0 Å². The van der Waals surface area contributed by atoms with Crippen molar-refractivity contribution < 1.29 is 0 Å². The lowest BCUT2D eigenvalue weighted by Crippen LogP contribution is -2.34. The normalized spacial score (nSPS) is 23.7. The van der Waals surface area contributed by atoms with Gasteiger partial charge in [0.15, 0.2) is 0 Å². The van der Waals surface area contributed by atoms with Crippen molar-refractivity contribution in [2.24, 2.45) is 11.7 Å². The quantitative estimate of drug-likeness (QED) is 0.611. The van der Waals surface area contributed by atoms with Crippen LogP contribution in [0.1, 0.15) is 12.5 Å². The highest BCUT2D eigenvalue weighted by atomic mass is 15.3. The summed E-state index contributed by atoms with van der Waals surface area (Å²) in [6.45, 7) is 4.15. The van der Waals surface area contributed by atoms with Gasteiger partial charge >= 0.3 is 0 Å². The number of hydrogen-bond acceptors (Lipinski definition) is 4. The Bertz CT molecular complexity index is 443. The van der Waals surface area contributed by atoms with Crippen molar-refractivity contribution in [3.8, 4) is 0 Å². The third kappa shape index (κ3) is 2.31. The Hall–Kier alpha value is -1.62. The Morgan fingerprint density at radius 2 is 2.22 bits per heavy atom. The first-order valence-corrected chi connectivity index (χ1v) is 6.21. The van der Waals surface area contributed by atoms with Gasteiger partial charge in [0.1, 0.15) is 11.7 Å². The summed E-state index contributed by atoms with van der Waals surface area (Å²) in [5.74, 6) is 1.50. The predicted octanol–water partition coefficient (Wildman–Crippen LogP) is 0.752. The average molecular weight is 247 g/mol. The maximum Gasteiger partial charge on any atom is 0.139 e. The lowest BCUT2D eigenvalue weighted by atomic mass is 10.1. The van der Waals surface area contributed by atoms with Crippen molar-refractivity contribution in [1.29, 1.82) is 5.41 Å². The third-order valence-corrected chi connectivity index (χ3v) is 3.61. The maximum atomic E-state index is 7.63. The number of likely N-dealkylation sites (N-methyl/N-ethyl adjacent to an activating group) is 1. The Morgan fingerprint density at radius 3 is 2.78 bits per heavy atom. The molecule has 18 heavy (non-hydrogen) atoms. The number of nitrogens with zero attached hydrogens (tertiary/aromatic N) is 3. The molecule has 2 atom stereocenters. The van der Waals surface area contributed by atoms with Crippen LogP contribution in [0.25, 0.3) is 0 Å². The van der Waals surface area contributed by atoms with Crippen LogP contribution in [-0.4, -0.2) is 48.9 Å². The molecule has 1 aliphatic rings. The molecule has 1 saturated heterocycles. The fourth-order valence-corrected chi connectivity index (χ4v) is 2.65. The van der Waals surface area contributed by atoms with Gasteiger partial charge in [0.05, 0.1) is 5.56 Å². The first kappa shape index (κ1) is 12.8. The third-order valence-electron chi connectivity index (χ3n) is 3.61. The van der Waals surface area contributed by atoms with E-state index in [1.807, 2.05) is 12.1 Å². The summed E-state index contributed by atoms with van der Waals surface area (Å²) in [4.78, 5) is 8.88. The van der Waals surface area contributed by atoms with Gasteiger partial charge in [-0.25, -0.2) is 4.98 Å². The minimum atomic E-state index is 0.0825. The maximum absolute atomic E-state index is 7.63. The highest BCUT2D eigenvalue weighted by Gasteiger charge is 2.32. The lowest BCUT2D eigenvalue weighted by molar-refractivity contribution is 0.266. The van der Waals surface area contributed by atoms with E-state index in [9.17, 15) is 0 Å². The van der Waals surface area contributed by atoms with Gasteiger partial charge in [-0.05, 0) is 32.1 Å². The van der Waals surface area contributed by atoms with Gasteiger partial charge < -0.3 is 15.5 Å². The number of hydrogen-bond donors (Lipinski definition) is 2. The summed E-state index contributed by atoms with van der Waals surface area (Å²) < 4.78 is 0. The number of rotatable bonds is 3. The molecule has 0 aliphatic carbocycles. The van der Waals surface area contributed by atoms with Crippen molar-refractivity contribution in [3.05, 3.63) is 23.9 Å². The topological polar surface area (TPSA) is 69.2 Å². The fourth-order valence-electron chi connectivity index (χ4n) is 2.65. The number of amidine groups is 1. The van der Waals surface area contributed by atoms with Crippen LogP contribution in [0.2, 0.25) is 0 Å². The van der Waals surface area contributed by atoms with Gasteiger partial charge in [-0.2, -0.15) is 0 Å². The summed E-state index contributed by atoms with van der Waals surface area (Å²) in [5.41, 5.74) is 6.34. The number of nitrogen functional groups attached to an aromatic ring is 1. The van der Waals surface area contributed by atoms with Crippen LogP contribution >= 0.6 is 0 Å². The van der Waals surface area contributed by atoms with Crippen LogP contribution in [0, 0.1) is 11.3 Å². The van der Waals surface area contributed by atoms with E-state index in [2.05, 4.69) is 35.8 Å². The van der Waals surface area contributed by atoms with E-state index < -0.39 is 0 Å². The van der Waals surface area contributed by atoms with Gasteiger partial charge in [0.25, 0.3) is 0 Å². The van der Waals surface area contributed by atoms with E-state index >= 15 is 0 Å². The monoisotopic (exact) mass is 247 g/mol.